The van der Waals surface area contributed by atoms with Crippen LogP contribution in [0.1, 0.15) is 19.4 Å². The van der Waals surface area contributed by atoms with Crippen LogP contribution in [0.2, 0.25) is 10.0 Å². The molecule has 0 aromatic heterocycles. The maximum absolute atomic E-state index is 12.8. The van der Waals surface area contributed by atoms with Crippen molar-refractivity contribution in [3.05, 3.63) is 52.0 Å². The van der Waals surface area contributed by atoms with Crippen molar-refractivity contribution in [2.24, 2.45) is 5.92 Å². The molecule has 0 spiro atoms. The minimum Gasteiger partial charge on any atom is -0.454 e. The summed E-state index contributed by atoms with van der Waals surface area (Å²) < 4.78 is 38.6. The van der Waals surface area contributed by atoms with Crippen LogP contribution in [0.15, 0.2) is 41.3 Å². The number of fused-ring (bicyclic) bond motifs is 1. The molecule has 0 saturated carbocycles. The van der Waals surface area contributed by atoms with E-state index in [-0.39, 0.29) is 34.2 Å². The number of hydrogen-bond donors (Lipinski definition) is 2. The van der Waals surface area contributed by atoms with Crippen LogP contribution in [-0.4, -0.2) is 27.2 Å². The average Bonchev–Trinajstić information content (AvgIpc) is 3.11. The number of carbonyl (C=O) groups excluding carboxylic acids is 1. The number of ether oxygens (including phenoxy) is 2. The van der Waals surface area contributed by atoms with Gasteiger partial charge in [-0.2, -0.15) is 4.72 Å². The Bertz CT molecular complexity index is 1010. The van der Waals surface area contributed by atoms with E-state index in [1.165, 1.54) is 12.1 Å². The van der Waals surface area contributed by atoms with E-state index < -0.39 is 22.0 Å². The van der Waals surface area contributed by atoms with Gasteiger partial charge < -0.3 is 14.8 Å². The maximum Gasteiger partial charge on any atom is 0.244 e. The zero-order valence-corrected chi connectivity index (χ0v) is 18.1. The number of rotatable bonds is 7. The molecule has 2 aromatic rings. The van der Waals surface area contributed by atoms with Crippen LogP contribution in [0.25, 0.3) is 0 Å². The Hall–Kier alpha value is -2.00. The highest BCUT2D eigenvalue weighted by Gasteiger charge is 2.30. The van der Waals surface area contributed by atoms with Gasteiger partial charge in [-0.3, -0.25) is 4.79 Å². The fourth-order valence-electron chi connectivity index (χ4n) is 2.81. The molecule has 1 amide bonds. The van der Waals surface area contributed by atoms with Gasteiger partial charge in [0.15, 0.2) is 11.5 Å². The first-order chi connectivity index (χ1) is 13.7. The third kappa shape index (κ3) is 4.95. The molecule has 1 aliphatic heterocycles. The number of amides is 1. The zero-order valence-electron chi connectivity index (χ0n) is 15.7. The van der Waals surface area contributed by atoms with E-state index >= 15 is 0 Å². The Labute approximate surface area is 179 Å². The van der Waals surface area contributed by atoms with Gasteiger partial charge in [0.05, 0.1) is 10.0 Å². The lowest BCUT2D eigenvalue weighted by atomic mass is 10.0. The molecule has 0 aliphatic carbocycles. The predicted octanol–water partition coefficient (Wildman–Crippen LogP) is 3.34. The van der Waals surface area contributed by atoms with Crippen molar-refractivity contribution in [3.8, 4) is 11.5 Å². The highest BCUT2D eigenvalue weighted by Crippen LogP contribution is 2.32. The summed E-state index contributed by atoms with van der Waals surface area (Å²) in [6.45, 7) is 3.84. The summed E-state index contributed by atoms with van der Waals surface area (Å²) in [4.78, 5) is 12.5. The van der Waals surface area contributed by atoms with Gasteiger partial charge in [0.1, 0.15) is 10.9 Å². The Kier molecular flexibility index (Phi) is 6.58. The monoisotopic (exact) mass is 458 g/mol. The molecule has 156 valence electrons. The summed E-state index contributed by atoms with van der Waals surface area (Å²) in [5.74, 6) is 0.461. The van der Waals surface area contributed by atoms with Crippen LogP contribution < -0.4 is 19.5 Å². The lowest BCUT2D eigenvalue weighted by Gasteiger charge is -2.22. The van der Waals surface area contributed by atoms with Gasteiger partial charge in [-0.1, -0.05) is 49.2 Å². The number of benzene rings is 2. The van der Waals surface area contributed by atoms with E-state index in [2.05, 4.69) is 10.0 Å². The lowest BCUT2D eigenvalue weighted by Crippen LogP contribution is -2.49. The summed E-state index contributed by atoms with van der Waals surface area (Å²) in [6.07, 6.45) is 0. The van der Waals surface area contributed by atoms with Crippen LogP contribution in [0, 0.1) is 5.92 Å². The van der Waals surface area contributed by atoms with Gasteiger partial charge in [-0.15, -0.1) is 0 Å². The third-order valence-corrected chi connectivity index (χ3v) is 6.72. The molecule has 1 unspecified atom stereocenters. The number of nitrogens with one attached hydrogen (secondary N) is 2. The van der Waals surface area contributed by atoms with Gasteiger partial charge in [-0.05, 0) is 35.7 Å². The third-order valence-electron chi connectivity index (χ3n) is 4.32. The molecule has 0 radical (unpaired) electrons. The largest absolute Gasteiger partial charge is 0.454 e. The normalized spacial score (nSPS) is 14.1. The Morgan fingerprint density at radius 3 is 2.41 bits per heavy atom. The Balaban J connectivity index is 1.73. The fraction of sp³-hybridized carbons (Fsp3) is 0.316. The van der Waals surface area contributed by atoms with Crippen LogP contribution >= 0.6 is 23.2 Å². The summed E-state index contributed by atoms with van der Waals surface area (Å²) >= 11 is 12.0. The van der Waals surface area contributed by atoms with Crippen LogP contribution in [0.3, 0.4) is 0 Å². The highest BCUT2D eigenvalue weighted by atomic mass is 35.5. The van der Waals surface area contributed by atoms with Gasteiger partial charge >= 0.3 is 0 Å². The van der Waals surface area contributed by atoms with Crippen molar-refractivity contribution >= 4 is 39.1 Å². The van der Waals surface area contributed by atoms with Crippen LogP contribution in [-0.2, 0) is 21.4 Å². The molecule has 1 atom stereocenters. The second-order valence-corrected chi connectivity index (χ2v) is 9.26. The Morgan fingerprint density at radius 1 is 1.10 bits per heavy atom. The molecular formula is C19H20Cl2N2O5S. The molecule has 2 aromatic carbocycles. The van der Waals surface area contributed by atoms with E-state index in [1.54, 1.807) is 38.1 Å². The van der Waals surface area contributed by atoms with Gasteiger partial charge in [-0.25, -0.2) is 8.42 Å². The van der Waals surface area contributed by atoms with Crippen LogP contribution in [0.4, 0.5) is 0 Å². The van der Waals surface area contributed by atoms with Gasteiger partial charge in [0.25, 0.3) is 0 Å². The maximum atomic E-state index is 12.8. The number of sulfonamides is 1. The van der Waals surface area contributed by atoms with Gasteiger partial charge in [0, 0.05) is 6.54 Å². The van der Waals surface area contributed by atoms with E-state index in [9.17, 15) is 13.2 Å². The second-order valence-electron chi connectivity index (χ2n) is 6.80. The molecule has 2 N–H and O–H groups in total. The minimum absolute atomic E-state index is 0.0201. The molecule has 3 rings (SSSR count). The van der Waals surface area contributed by atoms with Crippen molar-refractivity contribution in [1.29, 1.82) is 0 Å². The van der Waals surface area contributed by atoms with E-state index in [0.717, 1.165) is 5.56 Å². The molecule has 0 saturated heterocycles. The first kappa shape index (κ1) is 21.7. The number of hydrogen-bond acceptors (Lipinski definition) is 5. The molecule has 29 heavy (non-hydrogen) atoms. The summed E-state index contributed by atoms with van der Waals surface area (Å²) in [5.41, 5.74) is 0.794. The Morgan fingerprint density at radius 2 is 1.76 bits per heavy atom. The fourth-order valence-corrected chi connectivity index (χ4v) is 5.30. The summed E-state index contributed by atoms with van der Waals surface area (Å²) in [7, 11) is -4.11. The summed E-state index contributed by atoms with van der Waals surface area (Å²) in [5, 5.41) is 2.71. The zero-order chi connectivity index (χ0) is 21.2. The average molecular weight is 459 g/mol. The molecular weight excluding hydrogens is 439 g/mol. The van der Waals surface area contributed by atoms with E-state index in [1.807, 2.05) is 0 Å². The number of carbonyl (C=O) groups is 1. The SMILES string of the molecule is CC(C)C(NS(=O)(=O)c1c(Cl)cccc1Cl)C(=O)NCc1ccc2c(c1)OCO2. The van der Waals surface area contributed by atoms with E-state index in [0.29, 0.717) is 11.5 Å². The molecule has 0 bridgehead atoms. The van der Waals surface area contributed by atoms with Crippen molar-refractivity contribution in [1.82, 2.24) is 10.0 Å². The molecule has 1 aliphatic rings. The highest BCUT2D eigenvalue weighted by molar-refractivity contribution is 7.89. The minimum atomic E-state index is -4.11. The van der Waals surface area contributed by atoms with Gasteiger partial charge in [0.2, 0.25) is 22.7 Å². The van der Waals surface area contributed by atoms with Crippen LogP contribution in [0.5, 0.6) is 11.5 Å². The first-order valence-electron chi connectivity index (χ1n) is 8.81. The standard InChI is InChI=1S/C19H20Cl2N2O5S/c1-11(2)17(23-29(25,26)18-13(20)4-3-5-14(18)21)19(24)22-9-12-6-7-15-16(8-12)28-10-27-15/h3-8,11,17,23H,9-10H2,1-2H3,(H,22,24). The second kappa shape index (κ2) is 8.79. The molecule has 7 nitrogen and oxygen atoms in total. The first-order valence-corrected chi connectivity index (χ1v) is 11.1. The summed E-state index contributed by atoms with van der Waals surface area (Å²) in [6, 6.07) is 8.69. The van der Waals surface area contributed by atoms with Crippen molar-refractivity contribution in [3.63, 3.8) is 0 Å². The van der Waals surface area contributed by atoms with E-state index in [4.69, 9.17) is 32.7 Å². The lowest BCUT2D eigenvalue weighted by molar-refractivity contribution is -0.123. The topological polar surface area (TPSA) is 93.7 Å². The predicted molar refractivity (Wildman–Crippen MR) is 110 cm³/mol. The van der Waals surface area contributed by atoms with Crippen molar-refractivity contribution < 1.29 is 22.7 Å². The molecule has 0 fully saturated rings. The molecule has 10 heteroatoms. The van der Waals surface area contributed by atoms with Crippen molar-refractivity contribution in [2.75, 3.05) is 6.79 Å². The smallest absolute Gasteiger partial charge is 0.244 e. The molecule has 1 heterocycles. The quantitative estimate of drug-likeness (QED) is 0.663. The number of halogens is 2. The van der Waals surface area contributed by atoms with Crippen molar-refractivity contribution in [2.45, 2.75) is 31.3 Å².